The first-order chi connectivity index (χ1) is 13.8. The van der Waals surface area contributed by atoms with Crippen LogP contribution >= 0.6 is 0 Å². The van der Waals surface area contributed by atoms with Gasteiger partial charge in [-0.05, 0) is 42.7 Å². The molecule has 3 aromatic rings. The summed E-state index contributed by atoms with van der Waals surface area (Å²) in [6, 6.07) is 24.1. The number of ether oxygens (including phenoxy) is 1. The summed E-state index contributed by atoms with van der Waals surface area (Å²) in [5, 5.41) is 5.76. The molecule has 1 fully saturated rings. The Kier molecular flexibility index (Phi) is 5.91. The molecule has 0 saturated heterocycles. The van der Waals surface area contributed by atoms with Gasteiger partial charge in [-0.2, -0.15) is 0 Å². The molecule has 0 spiro atoms. The van der Waals surface area contributed by atoms with E-state index in [9.17, 15) is 4.79 Å². The summed E-state index contributed by atoms with van der Waals surface area (Å²) in [6.07, 6.45) is 6.19. The Morgan fingerprint density at radius 3 is 2.43 bits per heavy atom. The molecular weight excluding hydrogens is 346 g/mol. The average Bonchev–Trinajstić information content (AvgIpc) is 2.75. The summed E-state index contributed by atoms with van der Waals surface area (Å²) in [5.74, 6) is -0.149. The Bertz CT molecular complexity index is 911. The van der Waals surface area contributed by atoms with E-state index in [4.69, 9.17) is 4.74 Å². The Hall–Kier alpha value is -2.81. The summed E-state index contributed by atoms with van der Waals surface area (Å²) in [4.78, 5) is 13.1. The molecule has 3 heteroatoms. The van der Waals surface area contributed by atoms with Gasteiger partial charge in [0.2, 0.25) is 0 Å². The van der Waals surface area contributed by atoms with Crippen LogP contribution in [0.4, 0.5) is 5.69 Å². The van der Waals surface area contributed by atoms with Gasteiger partial charge in [-0.25, -0.2) is 4.79 Å². The minimum Gasteiger partial charge on any atom is -0.461 e. The van der Waals surface area contributed by atoms with Gasteiger partial charge >= 0.3 is 5.97 Å². The molecule has 0 amide bonds. The lowest BCUT2D eigenvalue weighted by Gasteiger charge is -2.26. The van der Waals surface area contributed by atoms with Crippen molar-refractivity contribution in [3.8, 4) is 0 Å². The zero-order valence-corrected chi connectivity index (χ0v) is 16.1. The van der Waals surface area contributed by atoms with Crippen molar-refractivity contribution in [3.05, 3.63) is 78.4 Å². The van der Waals surface area contributed by atoms with Gasteiger partial charge in [-0.1, -0.05) is 73.2 Å². The first-order valence-corrected chi connectivity index (χ1v) is 10.3. The molecule has 0 aromatic heterocycles. The van der Waals surface area contributed by atoms with E-state index < -0.39 is 6.04 Å². The van der Waals surface area contributed by atoms with E-state index in [0.29, 0.717) is 6.42 Å². The van der Waals surface area contributed by atoms with E-state index in [1.165, 1.54) is 6.42 Å². The molecule has 4 rings (SSSR count). The van der Waals surface area contributed by atoms with Crippen molar-refractivity contribution in [2.45, 2.75) is 50.7 Å². The molecular formula is C25H27NO2. The van der Waals surface area contributed by atoms with Crippen LogP contribution in [0.1, 0.15) is 37.7 Å². The van der Waals surface area contributed by atoms with E-state index in [1.54, 1.807) is 0 Å². The highest BCUT2D eigenvalue weighted by atomic mass is 16.5. The largest absolute Gasteiger partial charge is 0.461 e. The third-order valence-corrected chi connectivity index (χ3v) is 5.52. The highest BCUT2D eigenvalue weighted by Crippen LogP contribution is 2.26. The molecule has 1 aliphatic rings. The minimum atomic E-state index is -0.407. The molecule has 0 bridgehead atoms. The Balaban J connectivity index is 1.57. The number of fused-ring (bicyclic) bond motifs is 1. The normalized spacial score (nSPS) is 15.9. The summed E-state index contributed by atoms with van der Waals surface area (Å²) < 4.78 is 5.91. The second kappa shape index (κ2) is 8.92. The second-order valence-corrected chi connectivity index (χ2v) is 7.61. The van der Waals surface area contributed by atoms with Crippen LogP contribution in [0.15, 0.2) is 72.8 Å². The Labute approximate surface area is 166 Å². The van der Waals surface area contributed by atoms with E-state index >= 15 is 0 Å². The van der Waals surface area contributed by atoms with Crippen molar-refractivity contribution in [1.82, 2.24) is 0 Å². The lowest BCUT2D eigenvalue weighted by molar-refractivity contribution is -0.151. The number of esters is 1. The van der Waals surface area contributed by atoms with Gasteiger partial charge in [-0.15, -0.1) is 0 Å². The number of hydrogen-bond donors (Lipinski definition) is 1. The molecule has 28 heavy (non-hydrogen) atoms. The molecule has 0 heterocycles. The maximum atomic E-state index is 13.1. The maximum absolute atomic E-state index is 13.1. The van der Waals surface area contributed by atoms with Gasteiger partial charge in [0.25, 0.3) is 0 Å². The molecule has 0 radical (unpaired) electrons. The molecule has 1 N–H and O–H groups in total. The van der Waals surface area contributed by atoms with Crippen molar-refractivity contribution in [3.63, 3.8) is 0 Å². The standard InChI is InChI=1S/C25H27NO2/c27-25(28-21-14-5-2-6-15-21)24(18-19-10-3-1-4-11-19)26-23-17-9-13-20-12-7-8-16-22(20)23/h1,3-4,7-13,16-17,21,24,26H,2,5-6,14-15,18H2/t24-/m0/s1. The molecule has 3 nitrogen and oxygen atoms in total. The second-order valence-electron chi connectivity index (χ2n) is 7.61. The minimum absolute atomic E-state index is 0.0637. The summed E-state index contributed by atoms with van der Waals surface area (Å²) in [5.41, 5.74) is 2.10. The predicted octanol–water partition coefficient (Wildman–Crippen LogP) is 5.74. The number of benzene rings is 3. The summed E-state index contributed by atoms with van der Waals surface area (Å²) >= 11 is 0. The number of nitrogens with one attached hydrogen (secondary N) is 1. The number of anilines is 1. The zero-order chi connectivity index (χ0) is 19.2. The van der Waals surface area contributed by atoms with E-state index in [0.717, 1.165) is 47.7 Å². The monoisotopic (exact) mass is 373 g/mol. The summed E-state index contributed by atoms with van der Waals surface area (Å²) in [7, 11) is 0. The van der Waals surface area contributed by atoms with Crippen molar-refractivity contribution in [2.24, 2.45) is 0 Å². The van der Waals surface area contributed by atoms with Gasteiger partial charge < -0.3 is 10.1 Å². The fourth-order valence-electron chi connectivity index (χ4n) is 4.01. The number of rotatable bonds is 6. The number of hydrogen-bond acceptors (Lipinski definition) is 3. The van der Waals surface area contributed by atoms with Crippen LogP contribution < -0.4 is 5.32 Å². The topological polar surface area (TPSA) is 38.3 Å². The summed E-state index contributed by atoms with van der Waals surface area (Å²) in [6.45, 7) is 0. The van der Waals surface area contributed by atoms with E-state index in [2.05, 4.69) is 35.6 Å². The van der Waals surface area contributed by atoms with Crippen LogP contribution in [0.2, 0.25) is 0 Å². The lowest BCUT2D eigenvalue weighted by Crippen LogP contribution is -2.36. The van der Waals surface area contributed by atoms with Crippen LogP contribution in [0.3, 0.4) is 0 Å². The lowest BCUT2D eigenvalue weighted by atomic mass is 9.97. The van der Waals surface area contributed by atoms with Gasteiger partial charge in [-0.3, -0.25) is 0 Å². The Morgan fingerprint density at radius 1 is 0.893 bits per heavy atom. The molecule has 1 atom stereocenters. The van der Waals surface area contributed by atoms with Crippen molar-refractivity contribution in [1.29, 1.82) is 0 Å². The third kappa shape index (κ3) is 4.53. The fourth-order valence-corrected chi connectivity index (χ4v) is 4.01. The quantitative estimate of drug-likeness (QED) is 0.560. The van der Waals surface area contributed by atoms with Gasteiger partial charge in [0, 0.05) is 17.5 Å². The molecule has 3 aromatic carbocycles. The van der Waals surface area contributed by atoms with E-state index in [-0.39, 0.29) is 12.1 Å². The highest BCUT2D eigenvalue weighted by molar-refractivity contribution is 5.95. The van der Waals surface area contributed by atoms with E-state index in [1.807, 2.05) is 42.5 Å². The van der Waals surface area contributed by atoms with Crippen LogP contribution in [-0.2, 0) is 16.0 Å². The molecule has 0 unspecified atom stereocenters. The number of carbonyl (C=O) groups is 1. The molecule has 0 aliphatic heterocycles. The fraction of sp³-hybridized carbons (Fsp3) is 0.320. The SMILES string of the molecule is O=C(OC1CCCCC1)[C@H](Cc1ccccc1)Nc1cccc2ccccc12. The van der Waals surface area contributed by atoms with Crippen LogP contribution in [0.5, 0.6) is 0 Å². The van der Waals surface area contributed by atoms with Crippen molar-refractivity contribution >= 4 is 22.4 Å². The van der Waals surface area contributed by atoms with Crippen molar-refractivity contribution in [2.75, 3.05) is 5.32 Å². The molecule has 1 saturated carbocycles. The van der Waals surface area contributed by atoms with Gasteiger partial charge in [0.1, 0.15) is 12.1 Å². The first kappa shape index (κ1) is 18.5. The Morgan fingerprint density at radius 2 is 1.61 bits per heavy atom. The number of carbonyl (C=O) groups excluding carboxylic acids is 1. The highest BCUT2D eigenvalue weighted by Gasteiger charge is 2.25. The first-order valence-electron chi connectivity index (χ1n) is 10.3. The van der Waals surface area contributed by atoms with Gasteiger partial charge in [0.15, 0.2) is 0 Å². The van der Waals surface area contributed by atoms with Crippen LogP contribution in [0, 0.1) is 0 Å². The van der Waals surface area contributed by atoms with Crippen LogP contribution in [-0.4, -0.2) is 18.1 Å². The average molecular weight is 373 g/mol. The third-order valence-electron chi connectivity index (χ3n) is 5.52. The zero-order valence-electron chi connectivity index (χ0n) is 16.1. The van der Waals surface area contributed by atoms with Gasteiger partial charge in [0.05, 0.1) is 0 Å². The predicted molar refractivity (Wildman–Crippen MR) is 114 cm³/mol. The maximum Gasteiger partial charge on any atom is 0.329 e. The molecule has 1 aliphatic carbocycles. The van der Waals surface area contributed by atoms with Crippen molar-refractivity contribution < 1.29 is 9.53 Å². The molecule has 144 valence electrons. The van der Waals surface area contributed by atoms with Crippen LogP contribution in [0.25, 0.3) is 10.8 Å². The smallest absolute Gasteiger partial charge is 0.329 e.